The number of imidazole rings is 1. The van der Waals surface area contributed by atoms with Crippen LogP contribution in [0.4, 0.5) is 5.95 Å². The minimum Gasteiger partial charge on any atom is -0.356 e. The molecular formula is C9H12N3P. The van der Waals surface area contributed by atoms with Crippen molar-refractivity contribution in [2.45, 2.75) is 6.92 Å². The van der Waals surface area contributed by atoms with Crippen LogP contribution in [0.2, 0.25) is 0 Å². The number of hydrogen-bond donors (Lipinski definition) is 2. The van der Waals surface area contributed by atoms with Crippen LogP contribution in [0.1, 0.15) is 6.92 Å². The Morgan fingerprint density at radius 2 is 2.38 bits per heavy atom. The topological polar surface area (TPSA) is 40.7 Å². The van der Waals surface area contributed by atoms with Gasteiger partial charge in [0.2, 0.25) is 5.95 Å². The Bertz CT molecular complexity index is 422. The Balaban J connectivity index is 2.49. The van der Waals surface area contributed by atoms with E-state index in [1.54, 1.807) is 0 Å². The number of fused-ring (bicyclic) bond motifs is 1. The first kappa shape index (κ1) is 8.52. The minimum absolute atomic E-state index is 0.841. The largest absolute Gasteiger partial charge is 0.356 e. The molecule has 0 aliphatic rings. The Morgan fingerprint density at radius 3 is 3.15 bits per heavy atom. The minimum atomic E-state index is 0.841. The summed E-state index contributed by atoms with van der Waals surface area (Å²) < 4.78 is 0. The average Bonchev–Trinajstić information content (AvgIpc) is 2.46. The molecule has 3 nitrogen and oxygen atoms in total. The first-order valence-electron chi connectivity index (χ1n) is 4.28. The number of aromatic amines is 1. The van der Waals surface area contributed by atoms with E-state index in [1.807, 2.05) is 19.1 Å². The number of aromatic nitrogens is 2. The molecule has 1 heterocycles. The van der Waals surface area contributed by atoms with Gasteiger partial charge in [-0.25, -0.2) is 4.98 Å². The number of benzene rings is 1. The van der Waals surface area contributed by atoms with Gasteiger partial charge in [-0.1, -0.05) is 6.07 Å². The zero-order chi connectivity index (χ0) is 9.26. The van der Waals surface area contributed by atoms with Gasteiger partial charge in [-0.15, -0.1) is 9.24 Å². The van der Waals surface area contributed by atoms with Crippen LogP contribution in [-0.4, -0.2) is 16.5 Å². The predicted octanol–water partition coefficient (Wildman–Crippen LogP) is 1.50. The molecule has 1 unspecified atom stereocenters. The Morgan fingerprint density at radius 1 is 1.54 bits per heavy atom. The van der Waals surface area contributed by atoms with Crippen molar-refractivity contribution in [3.63, 3.8) is 0 Å². The first-order valence-corrected chi connectivity index (χ1v) is 4.86. The van der Waals surface area contributed by atoms with Gasteiger partial charge < -0.3 is 10.3 Å². The van der Waals surface area contributed by atoms with Gasteiger partial charge in [-0.05, 0) is 24.4 Å². The van der Waals surface area contributed by atoms with Crippen molar-refractivity contribution in [1.29, 1.82) is 0 Å². The number of nitrogens with zero attached hydrogens (tertiary/aromatic N) is 1. The first-order chi connectivity index (χ1) is 6.29. The maximum absolute atomic E-state index is 4.37. The molecule has 1 atom stereocenters. The highest BCUT2D eigenvalue weighted by Crippen LogP contribution is 2.12. The molecule has 0 saturated heterocycles. The third-order valence-corrected chi connectivity index (χ3v) is 2.21. The highest BCUT2D eigenvalue weighted by Gasteiger charge is 2.00. The van der Waals surface area contributed by atoms with Gasteiger partial charge in [0.05, 0.1) is 11.0 Å². The quantitative estimate of drug-likeness (QED) is 0.709. The number of anilines is 1. The maximum atomic E-state index is 4.37. The second-order valence-corrected chi connectivity index (χ2v) is 3.56. The Kier molecular flexibility index (Phi) is 2.19. The van der Waals surface area contributed by atoms with E-state index in [9.17, 15) is 0 Å². The van der Waals surface area contributed by atoms with E-state index in [-0.39, 0.29) is 0 Å². The lowest BCUT2D eigenvalue weighted by Gasteiger charge is -1.93. The van der Waals surface area contributed by atoms with Crippen molar-refractivity contribution in [1.82, 2.24) is 9.97 Å². The van der Waals surface area contributed by atoms with Gasteiger partial charge in [0.1, 0.15) is 0 Å². The molecular weight excluding hydrogens is 181 g/mol. The van der Waals surface area contributed by atoms with Crippen LogP contribution in [0.3, 0.4) is 0 Å². The summed E-state index contributed by atoms with van der Waals surface area (Å²) in [6, 6.07) is 6.10. The van der Waals surface area contributed by atoms with Crippen molar-refractivity contribution in [2.24, 2.45) is 0 Å². The van der Waals surface area contributed by atoms with E-state index in [2.05, 4.69) is 30.6 Å². The summed E-state index contributed by atoms with van der Waals surface area (Å²) in [5.74, 6) is 0.841. The zero-order valence-electron chi connectivity index (χ0n) is 7.46. The van der Waals surface area contributed by atoms with Crippen LogP contribution in [0.15, 0.2) is 18.2 Å². The molecule has 1 aromatic heterocycles. The number of rotatable bonds is 2. The van der Waals surface area contributed by atoms with Gasteiger partial charge in [0, 0.05) is 6.54 Å². The second kappa shape index (κ2) is 3.35. The van der Waals surface area contributed by atoms with Crippen LogP contribution in [-0.2, 0) is 0 Å². The van der Waals surface area contributed by atoms with Gasteiger partial charge in [-0.2, -0.15) is 0 Å². The number of H-pyrrole nitrogens is 1. The summed E-state index contributed by atoms with van der Waals surface area (Å²) in [6.07, 6.45) is 0. The summed E-state index contributed by atoms with van der Waals surface area (Å²) in [5, 5.41) is 4.31. The molecule has 0 aliphatic carbocycles. The van der Waals surface area contributed by atoms with Crippen LogP contribution >= 0.6 is 9.24 Å². The molecule has 2 rings (SSSR count). The lowest BCUT2D eigenvalue weighted by atomic mass is 10.3. The lowest BCUT2D eigenvalue weighted by Crippen LogP contribution is -1.97. The van der Waals surface area contributed by atoms with Gasteiger partial charge in [0.15, 0.2) is 0 Å². The summed E-state index contributed by atoms with van der Waals surface area (Å²) in [6.45, 7) is 2.93. The summed E-state index contributed by atoms with van der Waals surface area (Å²) in [5.41, 5.74) is 2.07. The van der Waals surface area contributed by atoms with Crippen molar-refractivity contribution in [3.8, 4) is 0 Å². The number of nitrogens with one attached hydrogen (secondary N) is 2. The fourth-order valence-corrected chi connectivity index (χ4v) is 1.54. The molecule has 13 heavy (non-hydrogen) atoms. The van der Waals surface area contributed by atoms with Crippen molar-refractivity contribution < 1.29 is 0 Å². The molecule has 0 amide bonds. The molecule has 0 bridgehead atoms. The average molecular weight is 193 g/mol. The molecule has 1 aromatic carbocycles. The van der Waals surface area contributed by atoms with E-state index in [4.69, 9.17) is 0 Å². The highest BCUT2D eigenvalue weighted by atomic mass is 31.0. The molecule has 0 saturated carbocycles. The van der Waals surface area contributed by atoms with Gasteiger partial charge >= 0.3 is 0 Å². The molecule has 0 fully saturated rings. The predicted molar refractivity (Wildman–Crippen MR) is 59.6 cm³/mol. The highest BCUT2D eigenvalue weighted by molar-refractivity contribution is 7.27. The molecule has 4 heteroatoms. The third-order valence-electron chi connectivity index (χ3n) is 1.85. The lowest BCUT2D eigenvalue weighted by molar-refractivity contribution is 1.14. The molecule has 2 aromatic rings. The van der Waals surface area contributed by atoms with Crippen LogP contribution in [0.5, 0.6) is 0 Å². The SMILES string of the molecule is CCNc1nc2ccc(P)cc2[nH]1. The van der Waals surface area contributed by atoms with Crippen LogP contribution in [0, 0.1) is 0 Å². The normalized spacial score (nSPS) is 10.6. The molecule has 0 radical (unpaired) electrons. The van der Waals surface area contributed by atoms with Crippen molar-refractivity contribution >= 4 is 31.5 Å². The van der Waals surface area contributed by atoms with Gasteiger partial charge in [0.25, 0.3) is 0 Å². The summed E-state index contributed by atoms with van der Waals surface area (Å²) in [4.78, 5) is 7.57. The fourth-order valence-electron chi connectivity index (χ4n) is 1.28. The Hall–Kier alpha value is -1.08. The Labute approximate surface area is 79.2 Å². The monoisotopic (exact) mass is 193 g/mol. The standard InChI is InChI=1S/C9H12N3P/c1-2-10-9-11-7-4-3-6(13)5-8(7)12-9/h3-5H,2,13H2,1H3,(H2,10,11,12). The van der Waals surface area contributed by atoms with E-state index < -0.39 is 0 Å². The third kappa shape index (κ3) is 1.65. The molecule has 0 spiro atoms. The molecule has 0 aliphatic heterocycles. The number of hydrogen-bond acceptors (Lipinski definition) is 2. The maximum Gasteiger partial charge on any atom is 0.201 e. The van der Waals surface area contributed by atoms with E-state index >= 15 is 0 Å². The molecule has 2 N–H and O–H groups in total. The summed E-state index contributed by atoms with van der Waals surface area (Å²) in [7, 11) is 2.67. The van der Waals surface area contributed by atoms with E-state index in [1.165, 1.54) is 5.30 Å². The fraction of sp³-hybridized carbons (Fsp3) is 0.222. The van der Waals surface area contributed by atoms with E-state index in [0.29, 0.717) is 0 Å². The van der Waals surface area contributed by atoms with Crippen LogP contribution in [0.25, 0.3) is 11.0 Å². The summed E-state index contributed by atoms with van der Waals surface area (Å²) >= 11 is 0. The van der Waals surface area contributed by atoms with Crippen molar-refractivity contribution in [2.75, 3.05) is 11.9 Å². The zero-order valence-corrected chi connectivity index (χ0v) is 8.62. The molecule has 68 valence electrons. The van der Waals surface area contributed by atoms with Crippen molar-refractivity contribution in [3.05, 3.63) is 18.2 Å². The smallest absolute Gasteiger partial charge is 0.201 e. The van der Waals surface area contributed by atoms with Gasteiger partial charge in [-0.3, -0.25) is 0 Å². The second-order valence-electron chi connectivity index (χ2n) is 2.89. The van der Waals surface area contributed by atoms with Crippen LogP contribution < -0.4 is 10.6 Å². The van der Waals surface area contributed by atoms with E-state index in [0.717, 1.165) is 23.5 Å².